The summed E-state index contributed by atoms with van der Waals surface area (Å²) in [5, 5.41) is 4.29. The minimum absolute atomic E-state index is 0.156. The van der Waals surface area contributed by atoms with Crippen molar-refractivity contribution in [2.24, 2.45) is 0 Å². The lowest BCUT2D eigenvalue weighted by atomic mass is 10.1. The molecule has 1 heterocycles. The van der Waals surface area contributed by atoms with E-state index >= 15 is 0 Å². The molecule has 2 aromatic carbocycles. The van der Waals surface area contributed by atoms with Gasteiger partial charge in [-0.25, -0.2) is 0 Å². The van der Waals surface area contributed by atoms with Crippen molar-refractivity contribution in [3.63, 3.8) is 0 Å². The lowest BCUT2D eigenvalue weighted by molar-refractivity contribution is -0.116. The molecule has 1 aromatic heterocycles. The predicted octanol–water partition coefficient (Wildman–Crippen LogP) is 3.76. The number of amides is 1. The van der Waals surface area contributed by atoms with Crippen LogP contribution in [0.25, 0.3) is 10.9 Å². The van der Waals surface area contributed by atoms with Crippen LogP contribution in [0.5, 0.6) is 5.75 Å². The Hall–Kier alpha value is -2.79. The van der Waals surface area contributed by atoms with Crippen molar-refractivity contribution >= 4 is 34.1 Å². The van der Waals surface area contributed by atoms with Gasteiger partial charge in [0.25, 0.3) is 5.56 Å². The van der Waals surface area contributed by atoms with Gasteiger partial charge in [0.15, 0.2) is 0 Å². The van der Waals surface area contributed by atoms with Gasteiger partial charge in [-0.05, 0) is 54.3 Å². The molecular weight excluding hydrogens is 340 g/mol. The maximum atomic E-state index is 12.2. The summed E-state index contributed by atoms with van der Waals surface area (Å²) in [6, 6.07) is 14.2. The fourth-order valence-corrected chi connectivity index (χ4v) is 2.67. The molecule has 0 aliphatic heterocycles. The molecule has 0 aliphatic rings. The van der Waals surface area contributed by atoms with Crippen LogP contribution in [-0.4, -0.2) is 18.0 Å². The van der Waals surface area contributed by atoms with Crippen molar-refractivity contribution in [2.75, 3.05) is 12.4 Å². The summed E-state index contributed by atoms with van der Waals surface area (Å²) >= 11 is 5.81. The Labute approximate surface area is 149 Å². The fourth-order valence-electron chi connectivity index (χ4n) is 2.54. The third kappa shape index (κ3) is 4.19. The first-order chi connectivity index (χ1) is 12.0. The molecule has 3 rings (SSSR count). The number of methoxy groups -OCH3 is 1. The van der Waals surface area contributed by atoms with Crippen molar-refractivity contribution in [1.29, 1.82) is 0 Å². The molecule has 0 spiro atoms. The Morgan fingerprint density at radius 3 is 2.64 bits per heavy atom. The summed E-state index contributed by atoms with van der Waals surface area (Å²) < 4.78 is 5.15. The van der Waals surface area contributed by atoms with Gasteiger partial charge in [0.2, 0.25) is 5.91 Å². The average Bonchev–Trinajstić information content (AvgIpc) is 2.61. The molecule has 0 saturated heterocycles. The highest BCUT2D eigenvalue weighted by atomic mass is 35.5. The van der Waals surface area contributed by atoms with Crippen molar-refractivity contribution in [1.82, 2.24) is 4.98 Å². The summed E-state index contributed by atoms with van der Waals surface area (Å²) in [4.78, 5) is 27.1. The standard InChI is InChI=1S/C19H17ClN2O3/c1-25-16-8-2-12-10-13(19(24)22-17(12)11-16)3-9-18(23)21-15-6-4-14(20)5-7-15/h2,4-8,10-11H,3,9H2,1H3,(H,21,23)(H,22,24). The SMILES string of the molecule is COc1ccc2cc(CCC(=O)Nc3ccc(Cl)cc3)c(=O)[nH]c2c1. The molecule has 1 amide bonds. The number of halogens is 1. The number of hydrogen-bond acceptors (Lipinski definition) is 3. The molecule has 0 radical (unpaired) electrons. The van der Waals surface area contributed by atoms with E-state index in [0.29, 0.717) is 34.0 Å². The van der Waals surface area contributed by atoms with Gasteiger partial charge in [0.05, 0.1) is 12.6 Å². The Morgan fingerprint density at radius 2 is 1.92 bits per heavy atom. The molecule has 5 nitrogen and oxygen atoms in total. The highest BCUT2D eigenvalue weighted by Crippen LogP contribution is 2.19. The molecule has 0 unspecified atom stereocenters. The number of ether oxygens (including phenoxy) is 1. The first kappa shape index (κ1) is 17.0. The van der Waals surface area contributed by atoms with Crippen LogP contribution < -0.4 is 15.6 Å². The largest absolute Gasteiger partial charge is 0.497 e. The number of aromatic amines is 1. The molecule has 0 fully saturated rings. The lowest BCUT2D eigenvalue weighted by Crippen LogP contribution is -2.17. The van der Waals surface area contributed by atoms with Crippen LogP contribution in [0.1, 0.15) is 12.0 Å². The van der Waals surface area contributed by atoms with Gasteiger partial charge in [0, 0.05) is 28.8 Å². The minimum Gasteiger partial charge on any atom is -0.497 e. The number of fused-ring (bicyclic) bond motifs is 1. The minimum atomic E-state index is -0.194. The van der Waals surface area contributed by atoms with E-state index in [2.05, 4.69) is 10.3 Å². The third-order valence-electron chi connectivity index (χ3n) is 3.88. The highest BCUT2D eigenvalue weighted by Gasteiger charge is 2.08. The van der Waals surface area contributed by atoms with Crippen molar-refractivity contribution in [3.05, 3.63) is 69.5 Å². The predicted molar refractivity (Wildman–Crippen MR) is 99.5 cm³/mol. The summed E-state index contributed by atoms with van der Waals surface area (Å²) in [7, 11) is 1.58. The zero-order valence-electron chi connectivity index (χ0n) is 13.6. The molecular formula is C19H17ClN2O3. The summed E-state index contributed by atoms with van der Waals surface area (Å²) in [5.41, 5.74) is 1.76. The number of aryl methyl sites for hydroxylation is 1. The molecule has 2 N–H and O–H groups in total. The van der Waals surface area contributed by atoms with Gasteiger partial charge in [0.1, 0.15) is 5.75 Å². The first-order valence-corrected chi connectivity index (χ1v) is 8.18. The summed E-state index contributed by atoms with van der Waals surface area (Å²) in [6.45, 7) is 0. The lowest BCUT2D eigenvalue weighted by Gasteiger charge is -2.07. The van der Waals surface area contributed by atoms with Crippen LogP contribution in [0.3, 0.4) is 0 Å². The number of rotatable bonds is 5. The number of carbonyl (C=O) groups is 1. The second-order valence-corrected chi connectivity index (χ2v) is 6.07. The highest BCUT2D eigenvalue weighted by molar-refractivity contribution is 6.30. The van der Waals surface area contributed by atoms with Crippen molar-refractivity contribution in [2.45, 2.75) is 12.8 Å². The van der Waals surface area contributed by atoms with Crippen LogP contribution in [0.2, 0.25) is 5.02 Å². The van der Waals surface area contributed by atoms with Crippen LogP contribution in [0.15, 0.2) is 53.3 Å². The van der Waals surface area contributed by atoms with Gasteiger partial charge in [-0.15, -0.1) is 0 Å². The average molecular weight is 357 g/mol. The van der Waals surface area contributed by atoms with Crippen LogP contribution in [0, 0.1) is 0 Å². The number of aromatic nitrogens is 1. The maximum absolute atomic E-state index is 12.2. The van der Waals surface area contributed by atoms with E-state index in [-0.39, 0.29) is 17.9 Å². The number of benzene rings is 2. The Morgan fingerprint density at radius 1 is 1.16 bits per heavy atom. The summed E-state index contributed by atoms with van der Waals surface area (Å²) in [6.07, 6.45) is 0.574. The van der Waals surface area contributed by atoms with E-state index in [4.69, 9.17) is 16.3 Å². The maximum Gasteiger partial charge on any atom is 0.251 e. The number of carbonyl (C=O) groups excluding carboxylic acids is 1. The molecule has 3 aromatic rings. The molecule has 6 heteroatoms. The quantitative estimate of drug-likeness (QED) is 0.731. The van der Waals surface area contributed by atoms with E-state index < -0.39 is 0 Å². The monoisotopic (exact) mass is 356 g/mol. The van der Waals surface area contributed by atoms with E-state index in [9.17, 15) is 9.59 Å². The van der Waals surface area contributed by atoms with Crippen LogP contribution in [-0.2, 0) is 11.2 Å². The third-order valence-corrected chi connectivity index (χ3v) is 4.13. The van der Waals surface area contributed by atoms with Gasteiger partial charge in [-0.2, -0.15) is 0 Å². The Kier molecular flexibility index (Phi) is 5.05. The second-order valence-electron chi connectivity index (χ2n) is 5.63. The molecule has 0 saturated carbocycles. The smallest absolute Gasteiger partial charge is 0.251 e. The van der Waals surface area contributed by atoms with E-state index in [1.807, 2.05) is 18.2 Å². The number of nitrogens with one attached hydrogen (secondary N) is 2. The number of anilines is 1. The number of hydrogen-bond donors (Lipinski definition) is 2. The van der Waals surface area contributed by atoms with Crippen molar-refractivity contribution < 1.29 is 9.53 Å². The molecule has 25 heavy (non-hydrogen) atoms. The zero-order chi connectivity index (χ0) is 17.8. The van der Waals surface area contributed by atoms with Gasteiger partial charge >= 0.3 is 0 Å². The zero-order valence-corrected chi connectivity index (χ0v) is 14.4. The molecule has 0 atom stereocenters. The molecule has 128 valence electrons. The Balaban J connectivity index is 1.70. The second kappa shape index (κ2) is 7.40. The number of H-pyrrole nitrogens is 1. The van der Waals surface area contributed by atoms with Crippen LogP contribution >= 0.6 is 11.6 Å². The van der Waals surface area contributed by atoms with Gasteiger partial charge < -0.3 is 15.0 Å². The first-order valence-electron chi connectivity index (χ1n) is 7.80. The van der Waals surface area contributed by atoms with E-state index in [1.165, 1.54) is 0 Å². The normalized spacial score (nSPS) is 10.6. The van der Waals surface area contributed by atoms with E-state index in [1.54, 1.807) is 37.4 Å². The Bertz CT molecular complexity index is 965. The topological polar surface area (TPSA) is 71.2 Å². The summed E-state index contributed by atoms with van der Waals surface area (Å²) in [5.74, 6) is 0.523. The molecule has 0 aliphatic carbocycles. The van der Waals surface area contributed by atoms with Crippen molar-refractivity contribution in [3.8, 4) is 5.75 Å². The molecule has 0 bridgehead atoms. The van der Waals surface area contributed by atoms with Crippen LogP contribution in [0.4, 0.5) is 5.69 Å². The van der Waals surface area contributed by atoms with Gasteiger partial charge in [-0.1, -0.05) is 11.6 Å². The number of pyridine rings is 1. The van der Waals surface area contributed by atoms with E-state index in [0.717, 1.165) is 5.39 Å². The van der Waals surface area contributed by atoms with Gasteiger partial charge in [-0.3, -0.25) is 9.59 Å². The fraction of sp³-hybridized carbons (Fsp3) is 0.158.